The number of halogens is 1. The molecule has 0 aliphatic carbocycles. The molecule has 1 aromatic carbocycles. The molecule has 0 unspecified atom stereocenters. The second-order valence-corrected chi connectivity index (χ2v) is 6.85. The van der Waals surface area contributed by atoms with Crippen molar-refractivity contribution in [2.24, 2.45) is 0 Å². The molecule has 28 heavy (non-hydrogen) atoms. The van der Waals surface area contributed by atoms with E-state index in [-0.39, 0.29) is 18.3 Å². The Hall–Kier alpha value is -2.71. The van der Waals surface area contributed by atoms with Gasteiger partial charge in [0.25, 0.3) is 5.91 Å². The molecule has 3 heterocycles. The minimum atomic E-state index is -0.640. The van der Waals surface area contributed by atoms with Crippen molar-refractivity contribution in [3.8, 4) is 5.69 Å². The summed E-state index contributed by atoms with van der Waals surface area (Å²) in [4.78, 5) is 16.7. The number of carbonyl (C=O) groups is 1. The summed E-state index contributed by atoms with van der Waals surface area (Å²) < 4.78 is 1.81. The van der Waals surface area contributed by atoms with Crippen LogP contribution in [0.4, 0.5) is 0 Å². The SMILES string of the molecule is CN(Cc1cnn(-c2ccccc2)n1)C(=O)C1(n2cccn2)CCNCC1.Cl. The highest BCUT2D eigenvalue weighted by atomic mass is 35.5. The molecule has 1 saturated heterocycles. The Morgan fingerprint density at radius 3 is 2.61 bits per heavy atom. The number of piperidine rings is 1. The van der Waals surface area contributed by atoms with Gasteiger partial charge < -0.3 is 10.2 Å². The molecular weight excluding hydrogens is 378 g/mol. The first-order chi connectivity index (χ1) is 13.2. The maximum absolute atomic E-state index is 13.4. The minimum absolute atomic E-state index is 0. The Morgan fingerprint density at radius 1 is 1.18 bits per heavy atom. The van der Waals surface area contributed by atoms with Crippen LogP contribution in [-0.2, 0) is 16.9 Å². The van der Waals surface area contributed by atoms with E-state index in [0.29, 0.717) is 19.4 Å². The first kappa shape index (κ1) is 20.0. The molecule has 1 amide bonds. The Balaban J connectivity index is 0.00000225. The van der Waals surface area contributed by atoms with E-state index in [2.05, 4.69) is 20.6 Å². The monoisotopic (exact) mass is 401 g/mol. The smallest absolute Gasteiger partial charge is 0.250 e. The Morgan fingerprint density at radius 2 is 1.93 bits per heavy atom. The van der Waals surface area contributed by atoms with Crippen molar-refractivity contribution < 1.29 is 4.79 Å². The zero-order valence-corrected chi connectivity index (χ0v) is 16.5. The van der Waals surface area contributed by atoms with Crippen LogP contribution < -0.4 is 5.32 Å². The second-order valence-electron chi connectivity index (χ2n) is 6.85. The van der Waals surface area contributed by atoms with E-state index in [9.17, 15) is 4.79 Å². The molecule has 2 aromatic heterocycles. The molecule has 8 nitrogen and oxygen atoms in total. The molecule has 1 fully saturated rings. The van der Waals surface area contributed by atoms with Crippen LogP contribution in [0, 0.1) is 0 Å². The largest absolute Gasteiger partial charge is 0.338 e. The van der Waals surface area contributed by atoms with E-state index < -0.39 is 5.54 Å². The number of para-hydroxylation sites is 1. The van der Waals surface area contributed by atoms with Gasteiger partial charge in [0.15, 0.2) is 0 Å². The van der Waals surface area contributed by atoms with E-state index in [4.69, 9.17) is 0 Å². The number of amides is 1. The number of likely N-dealkylation sites (N-methyl/N-ethyl adjacent to an activating group) is 1. The molecule has 1 N–H and O–H groups in total. The van der Waals surface area contributed by atoms with Crippen LogP contribution in [-0.4, -0.2) is 55.7 Å². The van der Waals surface area contributed by atoms with Gasteiger partial charge >= 0.3 is 0 Å². The number of nitrogens with one attached hydrogen (secondary N) is 1. The zero-order valence-electron chi connectivity index (χ0n) is 15.7. The highest BCUT2D eigenvalue weighted by Gasteiger charge is 2.43. The van der Waals surface area contributed by atoms with E-state index in [1.54, 1.807) is 22.1 Å². The van der Waals surface area contributed by atoms with Crippen LogP contribution in [0.15, 0.2) is 55.0 Å². The summed E-state index contributed by atoms with van der Waals surface area (Å²) >= 11 is 0. The van der Waals surface area contributed by atoms with Gasteiger partial charge in [0.1, 0.15) is 11.2 Å². The normalized spacial score (nSPS) is 15.6. The summed E-state index contributed by atoms with van der Waals surface area (Å²) in [5.74, 6) is 0.0574. The molecule has 1 aliphatic heterocycles. The number of rotatable bonds is 5. The minimum Gasteiger partial charge on any atom is -0.338 e. The number of hydrogen-bond acceptors (Lipinski definition) is 5. The fourth-order valence-corrected chi connectivity index (χ4v) is 3.63. The van der Waals surface area contributed by atoms with Gasteiger partial charge in [-0.05, 0) is 44.1 Å². The Bertz CT molecular complexity index is 888. The lowest BCUT2D eigenvalue weighted by Gasteiger charge is -2.39. The Labute approximate surface area is 169 Å². The average Bonchev–Trinajstić information content (AvgIpc) is 3.41. The molecule has 0 bridgehead atoms. The summed E-state index contributed by atoms with van der Waals surface area (Å²) in [6.45, 7) is 2.00. The topological polar surface area (TPSA) is 80.9 Å². The van der Waals surface area contributed by atoms with Crippen LogP contribution in [0.25, 0.3) is 5.69 Å². The highest BCUT2D eigenvalue weighted by molar-refractivity contribution is 5.85. The lowest BCUT2D eigenvalue weighted by Crippen LogP contribution is -2.54. The van der Waals surface area contributed by atoms with Crippen LogP contribution >= 0.6 is 12.4 Å². The molecule has 0 saturated carbocycles. The van der Waals surface area contributed by atoms with Gasteiger partial charge in [-0.2, -0.15) is 20.1 Å². The molecule has 0 spiro atoms. The predicted octanol–water partition coefficient (Wildman–Crippen LogP) is 1.62. The lowest BCUT2D eigenvalue weighted by molar-refractivity contribution is -0.142. The zero-order chi connectivity index (χ0) is 18.7. The third-order valence-electron chi connectivity index (χ3n) is 5.04. The van der Waals surface area contributed by atoms with E-state index in [0.717, 1.165) is 24.5 Å². The van der Waals surface area contributed by atoms with Crippen molar-refractivity contribution >= 4 is 18.3 Å². The molecule has 148 valence electrons. The maximum Gasteiger partial charge on any atom is 0.250 e. The average molecular weight is 402 g/mol. The van der Waals surface area contributed by atoms with Gasteiger partial charge in [0.05, 0.1) is 18.4 Å². The van der Waals surface area contributed by atoms with Gasteiger partial charge in [0.2, 0.25) is 0 Å². The van der Waals surface area contributed by atoms with E-state index >= 15 is 0 Å². The quantitative estimate of drug-likeness (QED) is 0.702. The van der Waals surface area contributed by atoms with Gasteiger partial charge in [0, 0.05) is 19.4 Å². The number of nitrogens with zero attached hydrogens (tertiary/aromatic N) is 6. The standard InChI is InChI=1S/C19H23N7O.ClH/c1-24(15-16-14-22-26(23-16)17-6-3-2-4-7-17)18(27)19(8-11-20-12-9-19)25-13-5-10-21-25;/h2-7,10,13-14,20H,8-9,11-12,15H2,1H3;1H. The van der Waals surface area contributed by atoms with Crippen molar-refractivity contribution in [1.82, 2.24) is 35.0 Å². The summed E-state index contributed by atoms with van der Waals surface area (Å²) in [5.41, 5.74) is 1.00. The number of hydrogen-bond donors (Lipinski definition) is 1. The van der Waals surface area contributed by atoms with Gasteiger partial charge in [-0.1, -0.05) is 18.2 Å². The molecule has 0 atom stereocenters. The van der Waals surface area contributed by atoms with E-state index in [1.807, 2.05) is 54.3 Å². The fourth-order valence-electron chi connectivity index (χ4n) is 3.63. The van der Waals surface area contributed by atoms with Crippen molar-refractivity contribution in [1.29, 1.82) is 0 Å². The highest BCUT2D eigenvalue weighted by Crippen LogP contribution is 2.29. The molecule has 3 aromatic rings. The van der Waals surface area contributed by atoms with Crippen molar-refractivity contribution in [3.05, 3.63) is 60.7 Å². The lowest BCUT2D eigenvalue weighted by atomic mass is 9.87. The summed E-state index contributed by atoms with van der Waals surface area (Å²) in [5, 5.41) is 16.5. The maximum atomic E-state index is 13.4. The first-order valence-corrected chi connectivity index (χ1v) is 9.12. The molecular formula is C19H24ClN7O. The van der Waals surface area contributed by atoms with Gasteiger partial charge in [-0.15, -0.1) is 12.4 Å². The molecule has 0 radical (unpaired) electrons. The molecule has 9 heteroatoms. The van der Waals surface area contributed by atoms with E-state index in [1.165, 1.54) is 0 Å². The summed E-state index contributed by atoms with van der Waals surface area (Å²) in [6, 6.07) is 11.6. The van der Waals surface area contributed by atoms with Crippen LogP contribution in [0.1, 0.15) is 18.5 Å². The third kappa shape index (κ3) is 3.79. The third-order valence-corrected chi connectivity index (χ3v) is 5.04. The van der Waals surface area contributed by atoms with Gasteiger partial charge in [-0.25, -0.2) is 0 Å². The van der Waals surface area contributed by atoms with Crippen molar-refractivity contribution in [2.75, 3.05) is 20.1 Å². The number of benzene rings is 1. The second kappa shape index (κ2) is 8.53. The predicted molar refractivity (Wildman–Crippen MR) is 107 cm³/mol. The molecule has 4 rings (SSSR count). The van der Waals surface area contributed by atoms with Crippen LogP contribution in [0.3, 0.4) is 0 Å². The van der Waals surface area contributed by atoms with Crippen LogP contribution in [0.5, 0.6) is 0 Å². The summed E-state index contributed by atoms with van der Waals surface area (Å²) in [7, 11) is 1.82. The fraction of sp³-hybridized carbons (Fsp3) is 0.368. The number of aromatic nitrogens is 5. The van der Waals surface area contributed by atoms with Crippen molar-refractivity contribution in [2.45, 2.75) is 24.9 Å². The summed E-state index contributed by atoms with van der Waals surface area (Å²) in [6.07, 6.45) is 6.74. The Kier molecular flexibility index (Phi) is 6.11. The van der Waals surface area contributed by atoms with Crippen molar-refractivity contribution in [3.63, 3.8) is 0 Å². The van der Waals surface area contributed by atoms with Crippen LogP contribution in [0.2, 0.25) is 0 Å². The van der Waals surface area contributed by atoms with Gasteiger partial charge in [-0.3, -0.25) is 9.48 Å². The first-order valence-electron chi connectivity index (χ1n) is 9.12. The number of carbonyl (C=O) groups excluding carboxylic acids is 1. The molecule has 1 aliphatic rings.